The van der Waals surface area contributed by atoms with Gasteiger partial charge in [-0.1, -0.05) is 0 Å². The van der Waals surface area contributed by atoms with Crippen molar-refractivity contribution in [2.24, 2.45) is 0 Å². The van der Waals surface area contributed by atoms with E-state index in [0.717, 1.165) is 5.69 Å². The van der Waals surface area contributed by atoms with Crippen LogP contribution in [0.25, 0.3) is 11.5 Å². The van der Waals surface area contributed by atoms with Gasteiger partial charge in [0.25, 0.3) is 0 Å². The van der Waals surface area contributed by atoms with Gasteiger partial charge in [-0.15, -0.1) is 4.80 Å². The Morgan fingerprint density at radius 1 is 1.19 bits per heavy atom. The maximum Gasteiger partial charge on any atom is 0.323 e. The van der Waals surface area contributed by atoms with E-state index in [9.17, 15) is 10.1 Å². The first kappa shape index (κ1) is 19.9. The second-order valence-corrected chi connectivity index (χ2v) is 6.60. The highest BCUT2D eigenvalue weighted by Gasteiger charge is 2.19. The van der Waals surface area contributed by atoms with Gasteiger partial charge in [0.2, 0.25) is 0 Å². The monoisotopic (exact) mass is 418 g/mol. The number of nitrogens with zero attached hydrogens (tertiary/aromatic N) is 8. The van der Waals surface area contributed by atoms with Gasteiger partial charge in [-0.3, -0.25) is 0 Å². The summed E-state index contributed by atoms with van der Waals surface area (Å²) < 4.78 is 7.09. The second kappa shape index (κ2) is 8.17. The van der Waals surface area contributed by atoms with E-state index in [0.29, 0.717) is 22.7 Å². The molecule has 31 heavy (non-hydrogen) atoms. The molecule has 0 unspecified atom stereocenters. The van der Waals surface area contributed by atoms with Crippen LogP contribution in [0.5, 0.6) is 0 Å². The van der Waals surface area contributed by atoms with E-state index in [1.54, 1.807) is 17.8 Å². The van der Waals surface area contributed by atoms with Crippen LogP contribution in [0.4, 0.5) is 16.2 Å². The highest BCUT2D eigenvalue weighted by molar-refractivity contribution is 6.00. The lowest BCUT2D eigenvalue weighted by Crippen LogP contribution is -2.22. The first-order chi connectivity index (χ1) is 15.0. The minimum Gasteiger partial charge on any atom is -0.375 e. The molecule has 12 nitrogen and oxygen atoms in total. The number of aromatic nitrogens is 7. The molecule has 0 saturated heterocycles. The van der Waals surface area contributed by atoms with Crippen molar-refractivity contribution in [3.8, 4) is 11.9 Å². The van der Waals surface area contributed by atoms with E-state index in [4.69, 9.17) is 4.74 Å². The maximum absolute atomic E-state index is 12.6. The normalized spacial score (nSPS) is 11.8. The number of nitrogens with one attached hydrogen (secondary N) is 2. The zero-order chi connectivity index (χ0) is 22.0. The minimum absolute atomic E-state index is 0.206. The molecule has 4 rings (SSSR count). The average Bonchev–Trinajstić information content (AvgIpc) is 3.42. The van der Waals surface area contributed by atoms with Gasteiger partial charge in [0.1, 0.15) is 11.6 Å². The van der Waals surface area contributed by atoms with Crippen molar-refractivity contribution in [1.29, 1.82) is 5.26 Å². The number of methoxy groups -OCH3 is 1. The van der Waals surface area contributed by atoms with Gasteiger partial charge in [0.15, 0.2) is 11.5 Å². The third-order valence-electron chi connectivity index (χ3n) is 4.48. The number of amides is 2. The third-order valence-corrected chi connectivity index (χ3v) is 4.48. The Morgan fingerprint density at radius 3 is 2.68 bits per heavy atom. The van der Waals surface area contributed by atoms with Crippen molar-refractivity contribution < 1.29 is 9.53 Å². The van der Waals surface area contributed by atoms with Crippen molar-refractivity contribution >= 4 is 23.1 Å². The van der Waals surface area contributed by atoms with Crippen LogP contribution in [0.15, 0.2) is 36.9 Å². The quantitative estimate of drug-likeness (QED) is 0.501. The molecule has 156 valence electrons. The molecule has 0 aliphatic carbocycles. The lowest BCUT2D eigenvalue weighted by Gasteiger charge is -2.17. The molecule has 12 heteroatoms. The van der Waals surface area contributed by atoms with Crippen LogP contribution in [0, 0.1) is 18.3 Å². The number of pyridine rings is 1. The molecular weight excluding hydrogens is 400 g/mol. The van der Waals surface area contributed by atoms with Crippen LogP contribution in [0.1, 0.15) is 30.0 Å². The number of anilines is 2. The molecule has 1 atom stereocenters. The maximum atomic E-state index is 12.6. The number of rotatable bonds is 5. The topological polar surface area (TPSA) is 148 Å². The van der Waals surface area contributed by atoms with Crippen LogP contribution in [-0.2, 0) is 4.74 Å². The summed E-state index contributed by atoms with van der Waals surface area (Å²) in [5.41, 5.74) is 3.06. The fourth-order valence-corrected chi connectivity index (χ4v) is 3.04. The Kier molecular flexibility index (Phi) is 5.25. The molecule has 4 aromatic heterocycles. The Labute approximate surface area is 176 Å². The minimum atomic E-state index is -0.537. The number of fused-ring (bicyclic) bond motifs is 1. The highest BCUT2D eigenvalue weighted by Crippen LogP contribution is 2.26. The van der Waals surface area contributed by atoms with Crippen LogP contribution in [0.2, 0.25) is 0 Å². The van der Waals surface area contributed by atoms with Crippen molar-refractivity contribution in [1.82, 2.24) is 34.6 Å². The molecule has 0 saturated carbocycles. The van der Waals surface area contributed by atoms with Gasteiger partial charge >= 0.3 is 6.03 Å². The van der Waals surface area contributed by atoms with E-state index < -0.39 is 6.03 Å². The Balaban J connectivity index is 1.59. The molecular formula is C19H18N10O2. The summed E-state index contributed by atoms with van der Waals surface area (Å²) in [5, 5.41) is 27.2. The van der Waals surface area contributed by atoms with Gasteiger partial charge in [-0.25, -0.2) is 19.3 Å². The van der Waals surface area contributed by atoms with Crippen molar-refractivity contribution in [2.45, 2.75) is 20.0 Å². The third kappa shape index (κ3) is 3.89. The molecule has 2 amide bonds. The van der Waals surface area contributed by atoms with Gasteiger partial charge in [-0.2, -0.15) is 20.6 Å². The standard InChI is InChI=1S/C19H18N10O2/c1-11-6-16-21-10-15(17(12(2)31-3)28(16)27-11)26-19(30)25-14-7-13(8-20)18(22-9-14)29-23-4-5-24-29/h4-7,9-10,12H,1-3H3,(H2,25,26,30)/t12-/m0/s1. The van der Waals surface area contributed by atoms with Crippen molar-refractivity contribution in [2.75, 3.05) is 17.7 Å². The van der Waals surface area contributed by atoms with E-state index >= 15 is 0 Å². The number of ether oxygens (including phenoxy) is 1. The van der Waals surface area contributed by atoms with Gasteiger partial charge in [-0.05, 0) is 19.9 Å². The number of hydrogen-bond acceptors (Lipinski definition) is 8. The summed E-state index contributed by atoms with van der Waals surface area (Å²) in [4.78, 5) is 22.4. The Bertz CT molecular complexity index is 1290. The number of nitriles is 1. The first-order valence-corrected chi connectivity index (χ1v) is 9.23. The van der Waals surface area contributed by atoms with Crippen LogP contribution in [0.3, 0.4) is 0 Å². The molecule has 0 spiro atoms. The number of carbonyl (C=O) groups excluding carboxylic acids is 1. The largest absolute Gasteiger partial charge is 0.375 e. The predicted molar refractivity (Wildman–Crippen MR) is 110 cm³/mol. The second-order valence-electron chi connectivity index (χ2n) is 6.60. The van der Waals surface area contributed by atoms with Crippen LogP contribution >= 0.6 is 0 Å². The smallest absolute Gasteiger partial charge is 0.323 e. The molecule has 0 radical (unpaired) electrons. The molecule has 0 bridgehead atoms. The Hall–Kier alpha value is -4.37. The summed E-state index contributed by atoms with van der Waals surface area (Å²) in [5.74, 6) is 0.262. The SMILES string of the molecule is CO[C@@H](C)c1c(NC(=O)Nc2cnc(-n3nccn3)c(C#N)c2)cnc2cc(C)nn12. The van der Waals surface area contributed by atoms with Gasteiger partial charge < -0.3 is 15.4 Å². The van der Waals surface area contributed by atoms with E-state index in [2.05, 4.69) is 35.9 Å². The molecule has 2 N–H and O–H groups in total. The molecule has 0 aliphatic rings. The molecule has 0 aliphatic heterocycles. The lowest BCUT2D eigenvalue weighted by molar-refractivity contribution is 0.114. The number of urea groups is 1. The lowest BCUT2D eigenvalue weighted by atomic mass is 10.2. The number of aryl methyl sites for hydroxylation is 1. The van der Waals surface area contributed by atoms with Gasteiger partial charge in [0, 0.05) is 13.2 Å². The van der Waals surface area contributed by atoms with E-state index in [1.165, 1.54) is 29.5 Å². The summed E-state index contributed by atoms with van der Waals surface area (Å²) in [6.45, 7) is 3.71. The molecule has 0 aromatic carbocycles. The summed E-state index contributed by atoms with van der Waals surface area (Å²) in [7, 11) is 1.57. The molecule has 0 fully saturated rings. The average molecular weight is 418 g/mol. The molecule has 4 heterocycles. The van der Waals surface area contributed by atoms with Crippen molar-refractivity contribution in [3.05, 3.63) is 53.9 Å². The summed E-state index contributed by atoms with van der Waals surface area (Å²) in [6.07, 6.45) is 5.57. The zero-order valence-electron chi connectivity index (χ0n) is 16.9. The number of carbonyl (C=O) groups is 1. The van der Waals surface area contributed by atoms with Crippen LogP contribution in [-0.4, -0.2) is 47.7 Å². The first-order valence-electron chi connectivity index (χ1n) is 9.23. The van der Waals surface area contributed by atoms with Crippen molar-refractivity contribution in [3.63, 3.8) is 0 Å². The number of hydrogen-bond donors (Lipinski definition) is 2. The van der Waals surface area contributed by atoms with Gasteiger partial charge in [0.05, 0.1) is 53.7 Å². The highest BCUT2D eigenvalue weighted by atomic mass is 16.5. The van der Waals surface area contributed by atoms with E-state index in [-0.39, 0.29) is 17.5 Å². The predicted octanol–water partition coefficient (Wildman–Crippen LogP) is 2.24. The summed E-state index contributed by atoms with van der Waals surface area (Å²) >= 11 is 0. The Morgan fingerprint density at radius 2 is 1.97 bits per heavy atom. The summed E-state index contributed by atoms with van der Waals surface area (Å²) in [6, 6.07) is 4.81. The van der Waals surface area contributed by atoms with E-state index in [1.807, 2.05) is 26.0 Å². The fourth-order valence-electron chi connectivity index (χ4n) is 3.04. The zero-order valence-corrected chi connectivity index (χ0v) is 16.9. The molecule has 4 aromatic rings. The van der Waals surface area contributed by atoms with Crippen LogP contribution < -0.4 is 10.6 Å². The fraction of sp³-hybridized carbons (Fsp3) is 0.211.